The van der Waals surface area contributed by atoms with E-state index in [0.29, 0.717) is 0 Å². The summed E-state index contributed by atoms with van der Waals surface area (Å²) in [5.74, 6) is 0. The van der Waals surface area contributed by atoms with Crippen LogP contribution in [-0.4, -0.2) is 9.78 Å². The van der Waals surface area contributed by atoms with Crippen molar-refractivity contribution in [3.63, 3.8) is 0 Å². The Kier molecular flexibility index (Phi) is 3.48. The molecule has 0 saturated carbocycles. The predicted octanol–water partition coefficient (Wildman–Crippen LogP) is 2.22. The van der Waals surface area contributed by atoms with Crippen molar-refractivity contribution in [1.29, 1.82) is 5.26 Å². The van der Waals surface area contributed by atoms with Gasteiger partial charge in [-0.05, 0) is 38.0 Å². The maximum absolute atomic E-state index is 11.7. The number of nitrogens with zero attached hydrogens (tertiary/aromatic N) is 3. The number of aromatic nitrogens is 2. The van der Waals surface area contributed by atoms with E-state index in [2.05, 4.69) is 5.10 Å². The molecule has 0 aliphatic heterocycles. The first-order chi connectivity index (χ1) is 9.04. The van der Waals surface area contributed by atoms with Gasteiger partial charge in [0.25, 0.3) is 0 Å². The number of aryl methyl sites for hydroxylation is 2. The van der Waals surface area contributed by atoms with Crippen molar-refractivity contribution in [2.45, 2.75) is 27.2 Å². The highest BCUT2D eigenvalue weighted by molar-refractivity contribution is 5.45. The summed E-state index contributed by atoms with van der Waals surface area (Å²) in [6.45, 7) is 5.90. The Hall–Kier alpha value is -2.41. The fourth-order valence-corrected chi connectivity index (χ4v) is 1.99. The second-order valence-corrected chi connectivity index (χ2v) is 4.56. The van der Waals surface area contributed by atoms with Crippen LogP contribution >= 0.6 is 0 Å². The molecule has 0 aliphatic rings. The zero-order valence-corrected chi connectivity index (χ0v) is 11.3. The third-order valence-corrected chi connectivity index (χ3v) is 3.23. The van der Waals surface area contributed by atoms with Crippen LogP contribution in [-0.2, 0) is 6.42 Å². The van der Waals surface area contributed by atoms with Crippen LogP contribution in [0.25, 0.3) is 5.69 Å². The second-order valence-electron chi connectivity index (χ2n) is 4.56. The third-order valence-electron chi connectivity index (χ3n) is 3.23. The van der Waals surface area contributed by atoms with Gasteiger partial charge in [-0.2, -0.15) is 10.4 Å². The van der Waals surface area contributed by atoms with Crippen LogP contribution in [0.15, 0.2) is 29.1 Å². The average molecular weight is 253 g/mol. The Balaban J connectivity index is 2.69. The molecule has 1 aromatic heterocycles. The highest BCUT2D eigenvalue weighted by Gasteiger charge is 2.09. The number of hydrogen-bond acceptors (Lipinski definition) is 3. The van der Waals surface area contributed by atoms with Crippen molar-refractivity contribution < 1.29 is 0 Å². The van der Waals surface area contributed by atoms with Crippen LogP contribution in [0.2, 0.25) is 0 Å². The van der Waals surface area contributed by atoms with Crippen molar-refractivity contribution in [3.8, 4) is 11.8 Å². The summed E-state index contributed by atoms with van der Waals surface area (Å²) in [6.07, 6.45) is 0.0317. The molecule has 1 heterocycles. The van der Waals surface area contributed by atoms with E-state index in [9.17, 15) is 4.79 Å². The van der Waals surface area contributed by atoms with Crippen LogP contribution in [0, 0.1) is 32.1 Å². The Morgan fingerprint density at radius 2 is 2.05 bits per heavy atom. The molecule has 0 bridgehead atoms. The van der Waals surface area contributed by atoms with Gasteiger partial charge in [-0.15, -0.1) is 0 Å². The topological polar surface area (TPSA) is 58.7 Å². The van der Waals surface area contributed by atoms with E-state index in [0.717, 1.165) is 16.9 Å². The van der Waals surface area contributed by atoms with Crippen LogP contribution in [0.5, 0.6) is 0 Å². The predicted molar refractivity (Wildman–Crippen MR) is 73.4 cm³/mol. The molecule has 4 nitrogen and oxygen atoms in total. The minimum Gasteiger partial charge on any atom is -0.288 e. The van der Waals surface area contributed by atoms with Gasteiger partial charge in [0.1, 0.15) is 5.69 Å². The summed E-state index contributed by atoms with van der Waals surface area (Å²) in [5, 5.41) is 13.1. The molecule has 0 amide bonds. The number of hydrogen-bond donors (Lipinski definition) is 0. The first-order valence-electron chi connectivity index (χ1n) is 6.08. The number of rotatable bonds is 2. The second kappa shape index (κ2) is 5.07. The SMILES string of the molecule is Cc1cccc(-n2nc(CC#N)c(=O)cc2C)c1C. The molecule has 0 N–H and O–H groups in total. The molecule has 0 aliphatic carbocycles. The monoisotopic (exact) mass is 253 g/mol. The van der Waals surface area contributed by atoms with Crippen LogP contribution in [0.3, 0.4) is 0 Å². The van der Waals surface area contributed by atoms with E-state index in [1.54, 1.807) is 4.68 Å². The average Bonchev–Trinajstić information content (AvgIpc) is 2.37. The highest BCUT2D eigenvalue weighted by atomic mass is 16.1. The highest BCUT2D eigenvalue weighted by Crippen LogP contribution is 2.17. The molecule has 0 saturated heterocycles. The van der Waals surface area contributed by atoms with Crippen molar-refractivity contribution in [3.05, 3.63) is 57.0 Å². The zero-order valence-electron chi connectivity index (χ0n) is 11.3. The maximum atomic E-state index is 11.7. The van der Waals surface area contributed by atoms with Gasteiger partial charge in [0.2, 0.25) is 5.43 Å². The van der Waals surface area contributed by atoms with Crippen LogP contribution in [0.4, 0.5) is 0 Å². The van der Waals surface area contributed by atoms with Crippen molar-refractivity contribution in [1.82, 2.24) is 9.78 Å². The maximum Gasteiger partial charge on any atom is 0.204 e. The summed E-state index contributed by atoms with van der Waals surface area (Å²) < 4.78 is 1.73. The lowest BCUT2D eigenvalue weighted by Crippen LogP contribution is -2.19. The zero-order chi connectivity index (χ0) is 14.0. The van der Waals surface area contributed by atoms with E-state index in [-0.39, 0.29) is 17.5 Å². The lowest BCUT2D eigenvalue weighted by Gasteiger charge is -2.14. The lowest BCUT2D eigenvalue weighted by molar-refractivity contribution is 0.762. The number of benzene rings is 1. The molecule has 0 atom stereocenters. The Morgan fingerprint density at radius 1 is 1.32 bits per heavy atom. The van der Waals surface area contributed by atoms with Gasteiger partial charge in [-0.3, -0.25) is 4.79 Å². The van der Waals surface area contributed by atoms with Crippen LogP contribution in [0.1, 0.15) is 22.5 Å². The van der Waals surface area contributed by atoms with Crippen LogP contribution < -0.4 is 5.43 Å². The molecule has 19 heavy (non-hydrogen) atoms. The molecule has 96 valence electrons. The van der Waals surface area contributed by atoms with Crippen molar-refractivity contribution in [2.24, 2.45) is 0 Å². The van der Waals surface area contributed by atoms with Gasteiger partial charge >= 0.3 is 0 Å². The molecule has 0 spiro atoms. The lowest BCUT2D eigenvalue weighted by atomic mass is 10.1. The summed E-state index contributed by atoms with van der Waals surface area (Å²) in [6, 6.07) is 9.46. The fourth-order valence-electron chi connectivity index (χ4n) is 1.99. The molecular formula is C15H15N3O. The third kappa shape index (κ3) is 2.41. The molecular weight excluding hydrogens is 238 g/mol. The molecule has 0 radical (unpaired) electrons. The quantitative estimate of drug-likeness (QED) is 0.824. The van der Waals surface area contributed by atoms with Gasteiger partial charge in [0.15, 0.2) is 0 Å². The van der Waals surface area contributed by atoms with E-state index in [4.69, 9.17) is 5.26 Å². The minimum atomic E-state index is -0.180. The van der Waals surface area contributed by atoms with E-state index < -0.39 is 0 Å². The summed E-state index contributed by atoms with van der Waals surface area (Å²) in [4.78, 5) is 11.7. The Bertz CT molecular complexity index is 723. The first kappa shape index (κ1) is 13.0. The Labute approximate surface area is 111 Å². The summed E-state index contributed by atoms with van der Waals surface area (Å²) >= 11 is 0. The smallest absolute Gasteiger partial charge is 0.204 e. The summed E-state index contributed by atoms with van der Waals surface area (Å²) in [7, 11) is 0. The van der Waals surface area contributed by atoms with Gasteiger partial charge in [-0.25, -0.2) is 4.68 Å². The van der Waals surface area contributed by atoms with Crippen molar-refractivity contribution in [2.75, 3.05) is 0 Å². The minimum absolute atomic E-state index is 0.0317. The largest absolute Gasteiger partial charge is 0.288 e. The number of nitriles is 1. The molecule has 0 unspecified atom stereocenters. The standard InChI is InChI=1S/C15H15N3O/c1-10-5-4-6-14(12(10)3)18-11(2)9-15(19)13(17-18)7-8-16/h4-6,9H,7H2,1-3H3. The molecule has 4 heteroatoms. The van der Waals surface area contributed by atoms with Gasteiger partial charge < -0.3 is 0 Å². The van der Waals surface area contributed by atoms with Gasteiger partial charge in [0, 0.05) is 11.8 Å². The summed E-state index contributed by atoms with van der Waals surface area (Å²) in [5.41, 5.74) is 4.09. The van der Waals surface area contributed by atoms with Crippen molar-refractivity contribution >= 4 is 0 Å². The Morgan fingerprint density at radius 3 is 2.74 bits per heavy atom. The molecule has 2 rings (SSSR count). The first-order valence-corrected chi connectivity index (χ1v) is 6.08. The normalized spacial score (nSPS) is 10.2. The molecule has 2 aromatic rings. The van der Waals surface area contributed by atoms with Gasteiger partial charge in [-0.1, -0.05) is 12.1 Å². The van der Waals surface area contributed by atoms with E-state index in [1.165, 1.54) is 11.6 Å². The molecule has 1 aromatic carbocycles. The molecule has 0 fully saturated rings. The van der Waals surface area contributed by atoms with Gasteiger partial charge in [0.05, 0.1) is 18.2 Å². The van der Waals surface area contributed by atoms with E-state index >= 15 is 0 Å². The van der Waals surface area contributed by atoms with E-state index in [1.807, 2.05) is 45.0 Å². The fraction of sp³-hybridized carbons (Fsp3) is 0.267.